The minimum Gasteiger partial charge on any atom is -0.406 e. The molecule has 12 heteroatoms. The van der Waals surface area contributed by atoms with Gasteiger partial charge in [0, 0.05) is 22.1 Å². The number of rotatable bonds is 6. The van der Waals surface area contributed by atoms with Gasteiger partial charge in [-0.05, 0) is 59.1 Å². The smallest absolute Gasteiger partial charge is 0.406 e. The van der Waals surface area contributed by atoms with Crippen molar-refractivity contribution in [1.29, 1.82) is 0 Å². The first-order valence-electron chi connectivity index (χ1n) is 9.62. The van der Waals surface area contributed by atoms with Gasteiger partial charge in [0.15, 0.2) is 0 Å². The molecule has 2 aromatic carbocycles. The predicted octanol–water partition coefficient (Wildman–Crippen LogP) is 7.14. The summed E-state index contributed by atoms with van der Waals surface area (Å²) in [5.74, 6) is 0.0729. The molecule has 0 saturated heterocycles. The van der Waals surface area contributed by atoms with Crippen molar-refractivity contribution in [2.24, 2.45) is 0 Å². The zero-order valence-electron chi connectivity index (χ0n) is 16.6. The van der Waals surface area contributed by atoms with E-state index in [0.717, 1.165) is 25.0 Å². The van der Waals surface area contributed by atoms with Gasteiger partial charge in [0.2, 0.25) is 5.95 Å². The van der Waals surface area contributed by atoms with Crippen LogP contribution < -0.4 is 15.4 Å². The van der Waals surface area contributed by atoms with Crippen molar-refractivity contribution in [3.05, 3.63) is 58.6 Å². The number of halogens is 7. The van der Waals surface area contributed by atoms with Crippen molar-refractivity contribution < 1.29 is 31.1 Å². The van der Waals surface area contributed by atoms with E-state index in [2.05, 4.69) is 41.3 Å². The van der Waals surface area contributed by atoms with Crippen molar-refractivity contribution in [1.82, 2.24) is 9.97 Å². The first-order chi connectivity index (χ1) is 15.5. The highest BCUT2D eigenvalue weighted by Crippen LogP contribution is 2.36. The fraction of sp³-hybridized carbons (Fsp3) is 0.238. The first kappa shape index (κ1) is 23.1. The number of anilines is 3. The van der Waals surface area contributed by atoms with Crippen LogP contribution >= 0.6 is 15.9 Å². The van der Waals surface area contributed by atoms with Crippen LogP contribution in [0, 0.1) is 0 Å². The Morgan fingerprint density at radius 1 is 0.939 bits per heavy atom. The second-order valence-electron chi connectivity index (χ2n) is 7.27. The third kappa shape index (κ3) is 6.28. The van der Waals surface area contributed by atoms with E-state index < -0.39 is 23.9 Å². The Labute approximate surface area is 192 Å². The van der Waals surface area contributed by atoms with Crippen molar-refractivity contribution in [2.75, 3.05) is 10.6 Å². The molecule has 0 unspecified atom stereocenters. The number of benzene rings is 2. The molecule has 3 aromatic rings. The summed E-state index contributed by atoms with van der Waals surface area (Å²) in [7, 11) is 0. The molecule has 4 rings (SSSR count). The van der Waals surface area contributed by atoms with Gasteiger partial charge in [0.25, 0.3) is 0 Å². The van der Waals surface area contributed by atoms with Crippen molar-refractivity contribution in [3.8, 4) is 17.0 Å². The van der Waals surface area contributed by atoms with Crippen LogP contribution in [0.5, 0.6) is 5.75 Å². The fourth-order valence-electron chi connectivity index (χ4n) is 2.92. The first-order valence-corrected chi connectivity index (χ1v) is 10.4. The Balaban J connectivity index is 1.67. The number of hydrogen-bond acceptors (Lipinski definition) is 5. The molecule has 1 fully saturated rings. The lowest BCUT2D eigenvalue weighted by Crippen LogP contribution is -2.17. The Hall–Kier alpha value is -3.02. The maximum atomic E-state index is 12.9. The quantitative estimate of drug-likeness (QED) is 0.330. The Kier molecular flexibility index (Phi) is 6.12. The van der Waals surface area contributed by atoms with E-state index in [9.17, 15) is 26.3 Å². The third-order valence-electron chi connectivity index (χ3n) is 4.56. The molecular weight excluding hydrogens is 518 g/mol. The third-order valence-corrected chi connectivity index (χ3v) is 5.22. The van der Waals surface area contributed by atoms with E-state index in [1.807, 2.05) is 0 Å². The Bertz CT molecular complexity index is 1160. The molecule has 2 N–H and O–H groups in total. The van der Waals surface area contributed by atoms with Crippen LogP contribution in [0.2, 0.25) is 0 Å². The molecule has 0 amide bonds. The molecule has 0 bridgehead atoms. The summed E-state index contributed by atoms with van der Waals surface area (Å²) in [4.78, 5) is 8.71. The van der Waals surface area contributed by atoms with Crippen LogP contribution in [0.25, 0.3) is 11.3 Å². The maximum absolute atomic E-state index is 12.9. The van der Waals surface area contributed by atoms with E-state index >= 15 is 0 Å². The average molecular weight is 533 g/mol. The molecule has 1 saturated carbocycles. The highest BCUT2D eigenvalue weighted by Gasteiger charge is 2.32. The number of hydrogen-bond donors (Lipinski definition) is 2. The summed E-state index contributed by atoms with van der Waals surface area (Å²) < 4.78 is 80.7. The minimum absolute atomic E-state index is 0.162. The zero-order chi connectivity index (χ0) is 23.8. The van der Waals surface area contributed by atoms with Crippen molar-refractivity contribution in [3.63, 3.8) is 0 Å². The lowest BCUT2D eigenvalue weighted by molar-refractivity contribution is -0.274. The monoisotopic (exact) mass is 532 g/mol. The molecule has 1 aliphatic rings. The van der Waals surface area contributed by atoms with E-state index in [0.29, 0.717) is 16.9 Å². The second kappa shape index (κ2) is 8.73. The predicted molar refractivity (Wildman–Crippen MR) is 113 cm³/mol. The van der Waals surface area contributed by atoms with Gasteiger partial charge in [-0.3, -0.25) is 0 Å². The Morgan fingerprint density at radius 2 is 1.70 bits per heavy atom. The van der Waals surface area contributed by atoms with Gasteiger partial charge in [0.1, 0.15) is 11.6 Å². The molecule has 174 valence electrons. The summed E-state index contributed by atoms with van der Waals surface area (Å²) in [6.45, 7) is 0. The van der Waals surface area contributed by atoms with Crippen molar-refractivity contribution in [2.45, 2.75) is 31.4 Å². The molecular formula is C21H15BrF6N4O. The van der Waals surface area contributed by atoms with Crippen LogP contribution in [0.4, 0.5) is 43.8 Å². The number of alkyl halides is 6. The molecule has 0 radical (unpaired) electrons. The van der Waals surface area contributed by atoms with Crippen molar-refractivity contribution >= 4 is 33.4 Å². The van der Waals surface area contributed by atoms with Crippen LogP contribution in [0.1, 0.15) is 18.4 Å². The SMILES string of the molecule is FC(F)(F)Oc1cccc(-c2cc(Nc3ccc(C(F)(F)F)cc3Br)nc(NC3CC3)n2)c1. The fourth-order valence-corrected chi connectivity index (χ4v) is 3.40. The summed E-state index contributed by atoms with van der Waals surface area (Å²) in [6.07, 6.45) is -7.48. The van der Waals surface area contributed by atoms with Gasteiger partial charge in [-0.2, -0.15) is 18.2 Å². The number of nitrogens with one attached hydrogen (secondary N) is 2. The largest absolute Gasteiger partial charge is 0.573 e. The lowest BCUT2D eigenvalue weighted by Gasteiger charge is -2.14. The highest BCUT2D eigenvalue weighted by atomic mass is 79.9. The van der Waals surface area contributed by atoms with Gasteiger partial charge < -0.3 is 15.4 Å². The molecule has 0 atom stereocenters. The molecule has 1 aromatic heterocycles. The number of aromatic nitrogens is 2. The highest BCUT2D eigenvalue weighted by molar-refractivity contribution is 9.10. The summed E-state index contributed by atoms with van der Waals surface area (Å²) >= 11 is 3.12. The summed E-state index contributed by atoms with van der Waals surface area (Å²) in [6, 6.07) is 10.1. The van der Waals surface area contributed by atoms with Crippen LogP contribution in [0.15, 0.2) is 53.0 Å². The zero-order valence-corrected chi connectivity index (χ0v) is 18.1. The normalized spacial score (nSPS) is 14.2. The Morgan fingerprint density at radius 3 is 2.33 bits per heavy atom. The van der Waals surface area contributed by atoms with Gasteiger partial charge in [-0.25, -0.2) is 4.98 Å². The number of nitrogens with zero attached hydrogens (tertiary/aromatic N) is 2. The molecule has 0 aliphatic heterocycles. The van der Waals surface area contributed by atoms with E-state index in [4.69, 9.17) is 0 Å². The van der Waals surface area contributed by atoms with E-state index in [1.165, 1.54) is 30.3 Å². The molecule has 1 heterocycles. The lowest BCUT2D eigenvalue weighted by atomic mass is 10.1. The molecule has 1 aliphatic carbocycles. The summed E-state index contributed by atoms with van der Waals surface area (Å²) in [5.41, 5.74) is 0.138. The van der Waals surface area contributed by atoms with Crippen LogP contribution in [0.3, 0.4) is 0 Å². The minimum atomic E-state index is -4.84. The van der Waals surface area contributed by atoms with Crippen LogP contribution in [-0.2, 0) is 6.18 Å². The summed E-state index contributed by atoms with van der Waals surface area (Å²) in [5, 5.41) is 6.05. The van der Waals surface area contributed by atoms with Gasteiger partial charge in [0.05, 0.1) is 16.9 Å². The average Bonchev–Trinajstić information content (AvgIpc) is 3.51. The van der Waals surface area contributed by atoms with Gasteiger partial charge in [-0.15, -0.1) is 13.2 Å². The standard InChI is InChI=1S/C21H15BrF6N4O/c22-15-9-12(20(23,24)25)4-7-16(15)30-18-10-17(31-19(32-18)29-13-5-6-13)11-2-1-3-14(8-11)33-21(26,27)28/h1-4,7-10,13H,5-6H2,(H2,29,30,31,32). The maximum Gasteiger partial charge on any atom is 0.573 e. The van der Waals surface area contributed by atoms with E-state index in [-0.39, 0.29) is 22.3 Å². The molecule has 5 nitrogen and oxygen atoms in total. The number of ether oxygens (including phenoxy) is 1. The molecule has 0 spiro atoms. The second-order valence-corrected chi connectivity index (χ2v) is 8.13. The topological polar surface area (TPSA) is 59.1 Å². The van der Waals surface area contributed by atoms with Crippen LogP contribution in [-0.4, -0.2) is 22.4 Å². The van der Waals surface area contributed by atoms with Gasteiger partial charge in [-0.1, -0.05) is 12.1 Å². The van der Waals surface area contributed by atoms with Gasteiger partial charge >= 0.3 is 12.5 Å². The molecule has 33 heavy (non-hydrogen) atoms. The van der Waals surface area contributed by atoms with E-state index in [1.54, 1.807) is 6.07 Å².